The van der Waals surface area contributed by atoms with Crippen LogP contribution in [0.15, 0.2) is 54.9 Å². The van der Waals surface area contributed by atoms with Gasteiger partial charge in [-0.1, -0.05) is 17.7 Å². The minimum absolute atomic E-state index is 0.174. The van der Waals surface area contributed by atoms with E-state index in [1.54, 1.807) is 25.6 Å². The van der Waals surface area contributed by atoms with Crippen molar-refractivity contribution in [2.45, 2.75) is 20.0 Å². The standard InChI is InChI=1S/C22H22ClN3O2/c1-14-5-6-25-13-19(14)17-7-16(11-24)8-18(10-17)22(27)26-12-15-3-4-20(23)21(9-15)28-2/h3-10,13H,11-12,24H2,1-2H3,(H,26,27). The third-order valence-electron chi connectivity index (χ3n) is 4.51. The second-order valence-corrected chi connectivity index (χ2v) is 6.87. The van der Waals surface area contributed by atoms with Crippen molar-refractivity contribution >= 4 is 17.5 Å². The average Bonchev–Trinajstić information content (AvgIpc) is 2.72. The van der Waals surface area contributed by atoms with Crippen LogP contribution in [0, 0.1) is 6.92 Å². The number of pyridine rings is 1. The fourth-order valence-electron chi connectivity index (χ4n) is 2.96. The van der Waals surface area contributed by atoms with Gasteiger partial charge in [0.2, 0.25) is 0 Å². The number of aromatic nitrogens is 1. The van der Waals surface area contributed by atoms with Crippen LogP contribution in [0.1, 0.15) is 27.0 Å². The zero-order chi connectivity index (χ0) is 20.1. The van der Waals surface area contributed by atoms with Crippen LogP contribution in [-0.2, 0) is 13.1 Å². The lowest BCUT2D eigenvalue weighted by Crippen LogP contribution is -2.23. The number of aryl methyl sites for hydroxylation is 1. The summed E-state index contributed by atoms with van der Waals surface area (Å²) in [5.41, 5.74) is 11.2. The van der Waals surface area contributed by atoms with Gasteiger partial charge in [0.15, 0.2) is 0 Å². The number of carbonyl (C=O) groups excluding carboxylic acids is 1. The molecule has 3 aromatic rings. The summed E-state index contributed by atoms with van der Waals surface area (Å²) in [7, 11) is 1.56. The second-order valence-electron chi connectivity index (χ2n) is 6.46. The lowest BCUT2D eigenvalue weighted by atomic mass is 9.97. The Morgan fingerprint density at radius 3 is 2.71 bits per heavy atom. The first-order valence-electron chi connectivity index (χ1n) is 8.87. The molecule has 2 aromatic carbocycles. The number of rotatable bonds is 6. The van der Waals surface area contributed by atoms with Crippen molar-refractivity contribution in [3.63, 3.8) is 0 Å². The Labute approximate surface area is 169 Å². The van der Waals surface area contributed by atoms with E-state index in [1.807, 2.05) is 43.3 Å². The Balaban J connectivity index is 1.83. The lowest BCUT2D eigenvalue weighted by molar-refractivity contribution is 0.0951. The van der Waals surface area contributed by atoms with Gasteiger partial charge in [0.05, 0.1) is 12.1 Å². The van der Waals surface area contributed by atoms with Gasteiger partial charge in [0.1, 0.15) is 5.75 Å². The zero-order valence-corrected chi connectivity index (χ0v) is 16.6. The Bertz CT molecular complexity index is 1000. The van der Waals surface area contributed by atoms with E-state index in [4.69, 9.17) is 22.1 Å². The van der Waals surface area contributed by atoms with Gasteiger partial charge in [-0.2, -0.15) is 0 Å². The first kappa shape index (κ1) is 19.9. The van der Waals surface area contributed by atoms with Crippen LogP contribution in [0.2, 0.25) is 5.02 Å². The van der Waals surface area contributed by atoms with Gasteiger partial charge in [0, 0.05) is 36.6 Å². The molecule has 1 heterocycles. The average molecular weight is 396 g/mol. The molecular formula is C22H22ClN3O2. The number of carbonyl (C=O) groups is 1. The maximum atomic E-state index is 12.8. The van der Waals surface area contributed by atoms with Crippen LogP contribution in [0.4, 0.5) is 0 Å². The third-order valence-corrected chi connectivity index (χ3v) is 4.82. The number of methoxy groups -OCH3 is 1. The first-order chi connectivity index (χ1) is 13.5. The molecule has 3 rings (SSSR count). The van der Waals surface area contributed by atoms with E-state index in [0.717, 1.165) is 27.8 Å². The maximum absolute atomic E-state index is 12.8. The molecule has 0 fully saturated rings. The van der Waals surface area contributed by atoms with Gasteiger partial charge in [-0.05, 0) is 65.6 Å². The highest BCUT2D eigenvalue weighted by Gasteiger charge is 2.11. The largest absolute Gasteiger partial charge is 0.495 e. The molecule has 1 aromatic heterocycles. The molecule has 0 aliphatic carbocycles. The summed E-state index contributed by atoms with van der Waals surface area (Å²) in [5.74, 6) is 0.403. The van der Waals surface area contributed by atoms with Crippen LogP contribution in [0.25, 0.3) is 11.1 Å². The van der Waals surface area contributed by atoms with Crippen LogP contribution in [-0.4, -0.2) is 18.0 Å². The van der Waals surface area contributed by atoms with Crippen molar-refractivity contribution in [2.24, 2.45) is 5.73 Å². The Morgan fingerprint density at radius 1 is 1.18 bits per heavy atom. The molecule has 0 saturated heterocycles. The summed E-state index contributed by atoms with van der Waals surface area (Å²) in [5, 5.41) is 3.47. The van der Waals surface area contributed by atoms with E-state index in [0.29, 0.717) is 29.4 Å². The van der Waals surface area contributed by atoms with Crippen molar-refractivity contribution in [2.75, 3.05) is 7.11 Å². The highest BCUT2D eigenvalue weighted by molar-refractivity contribution is 6.32. The molecule has 0 saturated carbocycles. The minimum Gasteiger partial charge on any atom is -0.495 e. The predicted molar refractivity (Wildman–Crippen MR) is 111 cm³/mol. The smallest absolute Gasteiger partial charge is 0.251 e. The molecular weight excluding hydrogens is 374 g/mol. The first-order valence-corrected chi connectivity index (χ1v) is 9.25. The SMILES string of the molecule is COc1cc(CNC(=O)c2cc(CN)cc(-c3cnccc3C)c2)ccc1Cl. The van der Waals surface area contributed by atoms with Crippen molar-refractivity contribution in [1.82, 2.24) is 10.3 Å². The Hall–Kier alpha value is -2.89. The number of hydrogen-bond donors (Lipinski definition) is 2. The van der Waals surface area contributed by atoms with E-state index in [9.17, 15) is 4.79 Å². The van der Waals surface area contributed by atoms with Gasteiger partial charge in [-0.15, -0.1) is 0 Å². The monoisotopic (exact) mass is 395 g/mol. The summed E-state index contributed by atoms with van der Waals surface area (Å²) in [6.07, 6.45) is 3.55. The summed E-state index contributed by atoms with van der Waals surface area (Å²) in [6.45, 7) is 2.72. The highest BCUT2D eigenvalue weighted by Crippen LogP contribution is 2.26. The molecule has 3 N–H and O–H groups in total. The molecule has 0 bridgehead atoms. The Morgan fingerprint density at radius 2 is 2.00 bits per heavy atom. The summed E-state index contributed by atoms with van der Waals surface area (Å²) >= 11 is 6.05. The number of benzene rings is 2. The fourth-order valence-corrected chi connectivity index (χ4v) is 3.16. The van der Waals surface area contributed by atoms with E-state index in [1.165, 1.54) is 0 Å². The molecule has 5 nitrogen and oxygen atoms in total. The summed E-state index contributed by atoms with van der Waals surface area (Å²) in [6, 6.07) is 13.0. The number of amides is 1. The van der Waals surface area contributed by atoms with E-state index >= 15 is 0 Å². The summed E-state index contributed by atoms with van der Waals surface area (Å²) < 4.78 is 5.22. The van der Waals surface area contributed by atoms with Crippen molar-refractivity contribution in [1.29, 1.82) is 0 Å². The van der Waals surface area contributed by atoms with Gasteiger partial charge in [-0.3, -0.25) is 9.78 Å². The Kier molecular flexibility index (Phi) is 6.29. The van der Waals surface area contributed by atoms with Crippen molar-refractivity contribution in [3.05, 3.63) is 82.1 Å². The minimum atomic E-state index is -0.174. The van der Waals surface area contributed by atoms with Gasteiger partial charge < -0.3 is 15.8 Å². The second kappa shape index (κ2) is 8.87. The highest BCUT2D eigenvalue weighted by atomic mass is 35.5. The van der Waals surface area contributed by atoms with Crippen molar-refractivity contribution in [3.8, 4) is 16.9 Å². The van der Waals surface area contributed by atoms with Crippen molar-refractivity contribution < 1.29 is 9.53 Å². The number of ether oxygens (including phenoxy) is 1. The molecule has 0 atom stereocenters. The topological polar surface area (TPSA) is 77.2 Å². The molecule has 28 heavy (non-hydrogen) atoms. The normalized spacial score (nSPS) is 10.6. The molecule has 0 spiro atoms. The zero-order valence-electron chi connectivity index (χ0n) is 15.8. The van der Waals surface area contributed by atoms with E-state index in [-0.39, 0.29) is 5.91 Å². The molecule has 1 amide bonds. The van der Waals surface area contributed by atoms with E-state index < -0.39 is 0 Å². The van der Waals surface area contributed by atoms with Crippen LogP contribution >= 0.6 is 11.6 Å². The molecule has 0 aliphatic heterocycles. The number of halogens is 1. The molecule has 0 unspecified atom stereocenters. The van der Waals surface area contributed by atoms with Crippen LogP contribution in [0.3, 0.4) is 0 Å². The number of hydrogen-bond acceptors (Lipinski definition) is 4. The number of nitrogens with zero attached hydrogens (tertiary/aromatic N) is 1. The quantitative estimate of drug-likeness (QED) is 0.658. The molecule has 0 aliphatic rings. The lowest BCUT2D eigenvalue weighted by Gasteiger charge is -2.12. The fraction of sp³-hybridized carbons (Fsp3) is 0.182. The third kappa shape index (κ3) is 4.50. The van der Waals surface area contributed by atoms with E-state index in [2.05, 4.69) is 10.3 Å². The van der Waals surface area contributed by atoms with Gasteiger partial charge >= 0.3 is 0 Å². The predicted octanol–water partition coefficient (Wildman–Crippen LogP) is 4.11. The molecule has 6 heteroatoms. The van der Waals surface area contributed by atoms with Crippen LogP contribution in [0.5, 0.6) is 5.75 Å². The summed E-state index contributed by atoms with van der Waals surface area (Å²) in [4.78, 5) is 16.9. The van der Waals surface area contributed by atoms with Crippen LogP contribution < -0.4 is 15.8 Å². The number of nitrogens with two attached hydrogens (primary N) is 1. The van der Waals surface area contributed by atoms with Gasteiger partial charge in [-0.25, -0.2) is 0 Å². The maximum Gasteiger partial charge on any atom is 0.251 e. The molecule has 144 valence electrons. The molecule has 0 radical (unpaired) electrons. The number of nitrogens with one attached hydrogen (secondary N) is 1. The van der Waals surface area contributed by atoms with Gasteiger partial charge in [0.25, 0.3) is 5.91 Å².